The number of ether oxygens (including phenoxy) is 2. The Kier molecular flexibility index (Phi) is 5.18. The van der Waals surface area contributed by atoms with Crippen molar-refractivity contribution in [2.75, 3.05) is 19.0 Å². The van der Waals surface area contributed by atoms with E-state index in [1.165, 1.54) is 19.3 Å². The summed E-state index contributed by atoms with van der Waals surface area (Å²) >= 11 is 0. The topological polar surface area (TPSA) is 61.7 Å². The van der Waals surface area contributed by atoms with Crippen LogP contribution in [0.3, 0.4) is 0 Å². The van der Waals surface area contributed by atoms with Gasteiger partial charge in [0.05, 0.1) is 24.8 Å². The minimum absolute atomic E-state index is 0.309. The number of carbonyl (C=O) groups excluding carboxylic acids is 1. The van der Waals surface area contributed by atoms with Gasteiger partial charge < -0.3 is 14.8 Å². The van der Waals surface area contributed by atoms with Crippen molar-refractivity contribution in [3.8, 4) is 5.75 Å². The zero-order valence-electron chi connectivity index (χ0n) is 14.4. The van der Waals surface area contributed by atoms with Crippen molar-refractivity contribution in [1.82, 2.24) is 0 Å². The molecule has 1 aromatic heterocycles. The number of carbonyl (C=O) groups is 1. The van der Waals surface area contributed by atoms with E-state index in [2.05, 4.69) is 10.3 Å². The minimum atomic E-state index is -0.309. The Morgan fingerprint density at radius 2 is 2.08 bits per heavy atom. The summed E-state index contributed by atoms with van der Waals surface area (Å²) in [7, 11) is 1.65. The third-order valence-electron chi connectivity index (χ3n) is 4.59. The van der Waals surface area contributed by atoms with Crippen molar-refractivity contribution < 1.29 is 19.3 Å². The van der Waals surface area contributed by atoms with Gasteiger partial charge in [0.2, 0.25) is 5.52 Å². The van der Waals surface area contributed by atoms with Crippen LogP contribution in [0.1, 0.15) is 49.4 Å². The van der Waals surface area contributed by atoms with E-state index in [0.29, 0.717) is 18.2 Å². The molecule has 1 saturated carbocycles. The van der Waals surface area contributed by atoms with Gasteiger partial charge in [-0.25, -0.2) is 9.78 Å². The van der Waals surface area contributed by atoms with Crippen LogP contribution in [0.25, 0.3) is 10.9 Å². The predicted molar refractivity (Wildman–Crippen MR) is 93.5 cm³/mol. The molecule has 3 rings (SSSR count). The van der Waals surface area contributed by atoms with Crippen molar-refractivity contribution in [3.63, 3.8) is 0 Å². The molecule has 0 aliphatic heterocycles. The maximum absolute atomic E-state index is 12.4. The second-order valence-corrected chi connectivity index (χ2v) is 6.19. The molecule has 0 amide bonds. The van der Waals surface area contributed by atoms with Crippen LogP contribution in [0, 0.1) is 0 Å². The number of aromatic amines is 1. The summed E-state index contributed by atoms with van der Waals surface area (Å²) in [4.78, 5) is 15.6. The monoisotopic (exact) mass is 329 g/mol. The smallest absolute Gasteiger partial charge is 0.346 e. The van der Waals surface area contributed by atoms with Gasteiger partial charge in [-0.2, -0.15) is 0 Å². The molecule has 2 aromatic rings. The Balaban J connectivity index is 2.07. The van der Waals surface area contributed by atoms with Gasteiger partial charge in [0.15, 0.2) is 6.20 Å². The summed E-state index contributed by atoms with van der Waals surface area (Å²) in [5, 5.41) is 4.56. The van der Waals surface area contributed by atoms with Gasteiger partial charge in [0, 0.05) is 12.1 Å². The van der Waals surface area contributed by atoms with Gasteiger partial charge >= 0.3 is 5.97 Å². The minimum Gasteiger partial charge on any atom is -0.497 e. The highest BCUT2D eigenvalue weighted by Crippen LogP contribution is 2.31. The number of hydrogen-bond donors (Lipinski definition) is 1. The van der Waals surface area contributed by atoms with Crippen LogP contribution < -0.4 is 15.0 Å². The van der Waals surface area contributed by atoms with E-state index in [9.17, 15) is 4.79 Å². The number of anilines is 1. The lowest BCUT2D eigenvalue weighted by atomic mass is 9.94. The van der Waals surface area contributed by atoms with Crippen LogP contribution in [0.15, 0.2) is 24.4 Å². The molecule has 1 fully saturated rings. The second kappa shape index (κ2) is 7.51. The molecule has 0 atom stereocenters. The van der Waals surface area contributed by atoms with Crippen LogP contribution >= 0.6 is 0 Å². The summed E-state index contributed by atoms with van der Waals surface area (Å²) in [6.07, 6.45) is 7.75. The summed E-state index contributed by atoms with van der Waals surface area (Å²) in [5.74, 6) is 0.459. The van der Waals surface area contributed by atoms with E-state index in [-0.39, 0.29) is 5.97 Å². The predicted octanol–water partition coefficient (Wildman–Crippen LogP) is 3.58. The molecular weight excluding hydrogens is 304 g/mol. The van der Waals surface area contributed by atoms with E-state index in [1.807, 2.05) is 25.1 Å². The molecule has 1 aliphatic carbocycles. The zero-order chi connectivity index (χ0) is 16.9. The lowest BCUT2D eigenvalue weighted by Crippen LogP contribution is -2.25. The highest BCUT2D eigenvalue weighted by atomic mass is 16.5. The van der Waals surface area contributed by atoms with E-state index >= 15 is 0 Å². The van der Waals surface area contributed by atoms with E-state index in [4.69, 9.17) is 9.47 Å². The van der Waals surface area contributed by atoms with Crippen molar-refractivity contribution in [3.05, 3.63) is 30.0 Å². The molecule has 5 nitrogen and oxygen atoms in total. The number of esters is 1. The standard InChI is InChI=1S/C19H24N2O3/c1-3-24-19(22)16-12-20-17-10-9-14(23-2)11-15(17)18(16)21-13-7-5-4-6-8-13/h9-13H,3-8H2,1-2H3,(H,20,21)/p+1. The summed E-state index contributed by atoms with van der Waals surface area (Å²) in [5.41, 5.74) is 2.35. The number of hydrogen-bond acceptors (Lipinski definition) is 4. The number of pyridine rings is 1. The van der Waals surface area contributed by atoms with Crippen LogP contribution in [-0.4, -0.2) is 25.7 Å². The Hall–Kier alpha value is -2.30. The quantitative estimate of drug-likeness (QED) is 0.852. The maximum atomic E-state index is 12.4. The molecule has 0 spiro atoms. The van der Waals surface area contributed by atoms with E-state index in [1.54, 1.807) is 13.3 Å². The molecule has 0 bridgehead atoms. The third kappa shape index (κ3) is 3.45. The average Bonchev–Trinajstić information content (AvgIpc) is 2.62. The van der Waals surface area contributed by atoms with Crippen LogP contribution in [0.2, 0.25) is 0 Å². The first-order chi connectivity index (χ1) is 11.7. The molecular formula is C19H25N2O3+. The lowest BCUT2D eigenvalue weighted by Gasteiger charge is -2.25. The largest absolute Gasteiger partial charge is 0.497 e. The van der Waals surface area contributed by atoms with Crippen molar-refractivity contribution in [2.45, 2.75) is 45.1 Å². The Morgan fingerprint density at radius 3 is 2.79 bits per heavy atom. The molecule has 2 N–H and O–H groups in total. The van der Waals surface area contributed by atoms with Gasteiger partial charge in [0.25, 0.3) is 0 Å². The Bertz CT molecular complexity index is 724. The summed E-state index contributed by atoms with van der Waals surface area (Å²) in [6.45, 7) is 2.18. The first-order valence-electron chi connectivity index (χ1n) is 8.69. The number of H-pyrrole nitrogens is 1. The van der Waals surface area contributed by atoms with Crippen LogP contribution in [0.4, 0.5) is 5.69 Å². The van der Waals surface area contributed by atoms with Gasteiger partial charge in [0.1, 0.15) is 11.3 Å². The van der Waals surface area contributed by atoms with Crippen LogP contribution in [-0.2, 0) is 4.74 Å². The van der Waals surface area contributed by atoms with Gasteiger partial charge in [-0.1, -0.05) is 19.3 Å². The number of fused-ring (bicyclic) bond motifs is 1. The molecule has 1 heterocycles. The van der Waals surface area contributed by atoms with Crippen molar-refractivity contribution in [2.24, 2.45) is 0 Å². The number of benzene rings is 1. The van der Waals surface area contributed by atoms with Gasteiger partial charge in [-0.15, -0.1) is 0 Å². The van der Waals surface area contributed by atoms with Gasteiger partial charge in [-0.3, -0.25) is 0 Å². The molecule has 5 heteroatoms. The summed E-state index contributed by atoms with van der Waals surface area (Å²) < 4.78 is 10.6. The molecule has 0 saturated heterocycles. The maximum Gasteiger partial charge on any atom is 0.346 e. The zero-order valence-corrected chi connectivity index (χ0v) is 14.4. The average molecular weight is 329 g/mol. The van der Waals surface area contributed by atoms with Gasteiger partial charge in [-0.05, 0) is 31.9 Å². The summed E-state index contributed by atoms with van der Waals surface area (Å²) in [6, 6.07) is 6.23. The highest BCUT2D eigenvalue weighted by molar-refractivity contribution is 6.04. The third-order valence-corrected chi connectivity index (χ3v) is 4.59. The van der Waals surface area contributed by atoms with E-state index in [0.717, 1.165) is 35.2 Å². The molecule has 128 valence electrons. The molecule has 1 aliphatic rings. The van der Waals surface area contributed by atoms with Crippen molar-refractivity contribution >= 4 is 22.6 Å². The van der Waals surface area contributed by atoms with Crippen LogP contribution in [0.5, 0.6) is 5.75 Å². The molecule has 0 radical (unpaired) electrons. The fourth-order valence-electron chi connectivity index (χ4n) is 3.33. The number of rotatable bonds is 5. The van der Waals surface area contributed by atoms with Crippen molar-refractivity contribution in [1.29, 1.82) is 0 Å². The second-order valence-electron chi connectivity index (χ2n) is 6.19. The SMILES string of the molecule is CCOC(=O)c1c[nH+]c2ccc(OC)cc2c1NC1CCCCC1. The Labute approximate surface area is 142 Å². The number of nitrogens with one attached hydrogen (secondary N) is 2. The first-order valence-corrected chi connectivity index (χ1v) is 8.69. The van der Waals surface area contributed by atoms with E-state index < -0.39 is 0 Å². The molecule has 1 aromatic carbocycles. The number of methoxy groups -OCH3 is 1. The Morgan fingerprint density at radius 1 is 1.29 bits per heavy atom. The fraction of sp³-hybridized carbons (Fsp3) is 0.474. The molecule has 24 heavy (non-hydrogen) atoms. The molecule has 0 unspecified atom stereocenters. The lowest BCUT2D eigenvalue weighted by molar-refractivity contribution is -0.344. The number of aromatic nitrogens is 1. The fourth-order valence-corrected chi connectivity index (χ4v) is 3.33. The normalized spacial score (nSPS) is 15.2. The first kappa shape index (κ1) is 16.6. The highest BCUT2D eigenvalue weighted by Gasteiger charge is 2.23.